The molecular formula is C30H36N2O6S2. The summed E-state index contributed by atoms with van der Waals surface area (Å²) in [5, 5.41) is 0. The summed E-state index contributed by atoms with van der Waals surface area (Å²) in [4.78, 5) is 13.1. The van der Waals surface area contributed by atoms with Gasteiger partial charge in [-0.05, 0) is 98.9 Å². The molecule has 2 heterocycles. The molecule has 1 saturated carbocycles. The molecule has 2 aliphatic heterocycles. The Morgan fingerprint density at radius 1 is 1.20 bits per heavy atom. The molecule has 1 aliphatic carbocycles. The second kappa shape index (κ2) is 9.78. The monoisotopic (exact) mass is 584 g/mol. The fourth-order valence-electron chi connectivity index (χ4n) is 5.98. The molecule has 3 aliphatic rings. The SMILES string of the molecule is C=COC(=O)c1ccc2c(c1)C1(CCS(=O)(=O)CC1)C(C1CC1)N2S(=C)(=O)c1cccc(OC(C)(N)C(=C)C)c1. The van der Waals surface area contributed by atoms with Crippen LogP contribution in [-0.4, -0.2) is 47.7 Å². The molecule has 1 spiro atoms. The number of fused-ring (bicyclic) bond motifs is 2. The van der Waals surface area contributed by atoms with E-state index in [-0.39, 0.29) is 23.5 Å². The predicted molar refractivity (Wildman–Crippen MR) is 159 cm³/mol. The highest BCUT2D eigenvalue weighted by atomic mass is 32.2. The van der Waals surface area contributed by atoms with E-state index in [2.05, 4.69) is 19.0 Å². The summed E-state index contributed by atoms with van der Waals surface area (Å²) in [6.45, 7) is 10.9. The van der Waals surface area contributed by atoms with Crippen LogP contribution in [0.3, 0.4) is 0 Å². The lowest BCUT2D eigenvalue weighted by atomic mass is 9.70. The van der Waals surface area contributed by atoms with Crippen molar-refractivity contribution >= 4 is 37.1 Å². The number of benzene rings is 2. The van der Waals surface area contributed by atoms with Gasteiger partial charge in [-0.15, -0.1) is 0 Å². The number of esters is 1. The second-order valence-corrected chi connectivity index (χ2v) is 15.8. The molecule has 3 unspecified atom stereocenters. The van der Waals surface area contributed by atoms with Gasteiger partial charge in [0.25, 0.3) is 0 Å². The van der Waals surface area contributed by atoms with Crippen molar-refractivity contribution in [2.45, 2.75) is 61.6 Å². The van der Waals surface area contributed by atoms with E-state index in [1.54, 1.807) is 56.3 Å². The van der Waals surface area contributed by atoms with Gasteiger partial charge >= 0.3 is 5.97 Å². The van der Waals surface area contributed by atoms with Gasteiger partial charge < -0.3 is 9.47 Å². The van der Waals surface area contributed by atoms with Crippen LogP contribution in [0.4, 0.5) is 5.69 Å². The van der Waals surface area contributed by atoms with E-state index >= 15 is 0 Å². The first-order valence-corrected chi connectivity index (χ1v) is 16.8. The van der Waals surface area contributed by atoms with Crippen molar-refractivity contribution in [2.75, 3.05) is 15.8 Å². The summed E-state index contributed by atoms with van der Waals surface area (Å²) in [5.41, 5.74) is 7.03. The third-order valence-corrected chi connectivity index (χ3v) is 12.2. The van der Waals surface area contributed by atoms with Crippen LogP contribution in [-0.2, 0) is 29.7 Å². The average Bonchev–Trinajstić information content (AvgIpc) is 3.68. The summed E-state index contributed by atoms with van der Waals surface area (Å²) in [5.74, 6) is 4.43. The van der Waals surface area contributed by atoms with Crippen LogP contribution in [0.25, 0.3) is 0 Å². The van der Waals surface area contributed by atoms with E-state index in [1.807, 2.05) is 4.31 Å². The maximum atomic E-state index is 14.9. The zero-order chi connectivity index (χ0) is 29.1. The van der Waals surface area contributed by atoms with Crippen molar-refractivity contribution in [3.05, 3.63) is 78.6 Å². The van der Waals surface area contributed by atoms with Crippen LogP contribution < -0.4 is 14.8 Å². The number of anilines is 1. The number of rotatable bonds is 8. The number of nitrogens with zero attached hydrogens (tertiary/aromatic N) is 1. The smallest absolute Gasteiger partial charge is 0.342 e. The van der Waals surface area contributed by atoms with Crippen LogP contribution in [0, 0.1) is 5.92 Å². The Morgan fingerprint density at radius 2 is 1.88 bits per heavy atom. The first kappa shape index (κ1) is 28.4. The van der Waals surface area contributed by atoms with Gasteiger partial charge in [-0.25, -0.2) is 17.4 Å². The first-order valence-electron chi connectivity index (χ1n) is 13.3. The molecule has 5 rings (SSSR count). The molecule has 8 nitrogen and oxygen atoms in total. The van der Waals surface area contributed by atoms with Gasteiger partial charge in [-0.2, -0.15) is 0 Å². The summed E-state index contributed by atoms with van der Waals surface area (Å²) in [6.07, 6.45) is 3.72. The van der Waals surface area contributed by atoms with Crippen LogP contribution in [0.5, 0.6) is 5.75 Å². The molecule has 3 atom stereocenters. The van der Waals surface area contributed by atoms with E-state index in [1.165, 1.54) is 0 Å². The normalized spacial score (nSPS) is 23.9. The minimum atomic E-state index is -3.19. The molecule has 1 saturated heterocycles. The Balaban J connectivity index is 1.65. The molecule has 0 bridgehead atoms. The number of carbonyl (C=O) groups is 1. The molecule has 0 aromatic heterocycles. The lowest BCUT2D eigenvalue weighted by molar-refractivity contribution is 0.0664. The van der Waals surface area contributed by atoms with Crippen LogP contribution >= 0.6 is 0 Å². The molecule has 40 heavy (non-hydrogen) atoms. The van der Waals surface area contributed by atoms with E-state index in [0.717, 1.165) is 24.7 Å². The van der Waals surface area contributed by atoms with Gasteiger partial charge in [0.05, 0.1) is 49.7 Å². The number of ether oxygens (including phenoxy) is 2. The third kappa shape index (κ3) is 4.86. The summed E-state index contributed by atoms with van der Waals surface area (Å²) >= 11 is 0. The number of carbonyl (C=O) groups excluding carboxylic acids is 1. The Bertz CT molecular complexity index is 1590. The van der Waals surface area contributed by atoms with Gasteiger partial charge in [0, 0.05) is 5.41 Å². The van der Waals surface area contributed by atoms with Gasteiger partial charge in [-0.3, -0.25) is 10.0 Å². The zero-order valence-corrected chi connectivity index (χ0v) is 24.6. The Hall–Kier alpha value is -3.08. The molecule has 0 amide bonds. The summed E-state index contributed by atoms with van der Waals surface area (Å²) in [7, 11) is -6.34. The molecule has 2 N–H and O–H groups in total. The molecule has 214 valence electrons. The van der Waals surface area contributed by atoms with Crippen molar-refractivity contribution in [2.24, 2.45) is 11.7 Å². The van der Waals surface area contributed by atoms with Crippen LogP contribution in [0.15, 0.2) is 72.4 Å². The molecule has 2 aromatic carbocycles. The van der Waals surface area contributed by atoms with Gasteiger partial charge in [-0.1, -0.05) is 19.2 Å². The highest BCUT2D eigenvalue weighted by molar-refractivity contribution is 8.01. The van der Waals surface area contributed by atoms with Crippen molar-refractivity contribution in [3.8, 4) is 5.75 Å². The molecule has 2 fully saturated rings. The topological polar surface area (TPSA) is 116 Å². The minimum absolute atomic E-state index is 0.0302. The standard InChI is InChI=1S/C30H36N2O6S2/c1-6-37-28(33)22-12-13-26-25(18-22)30(14-16-40(35,36)17-15-30)27(21-10-11-21)32(26)39(5,34)24-9-7-8-23(19-24)38-29(4,31)20(2)3/h6-9,12-13,18-19,21,27H,1-2,5,10-11,14-17,31H2,3-4H3. The highest BCUT2D eigenvalue weighted by Crippen LogP contribution is 2.59. The van der Waals surface area contributed by atoms with E-state index in [0.29, 0.717) is 40.3 Å². The predicted octanol–water partition coefficient (Wildman–Crippen LogP) is 4.35. The Morgan fingerprint density at radius 3 is 2.48 bits per heavy atom. The van der Waals surface area contributed by atoms with Gasteiger partial charge in [0.15, 0.2) is 5.72 Å². The van der Waals surface area contributed by atoms with Gasteiger partial charge in [0.2, 0.25) is 0 Å². The first-order chi connectivity index (χ1) is 18.7. The van der Waals surface area contributed by atoms with Crippen molar-refractivity contribution in [1.82, 2.24) is 0 Å². The number of nitrogens with two attached hydrogens (primary N) is 1. The maximum absolute atomic E-state index is 14.9. The largest absolute Gasteiger partial charge is 0.469 e. The molecule has 10 heteroatoms. The fraction of sp³-hybridized carbons (Fsp3) is 0.400. The Labute approximate surface area is 236 Å². The van der Waals surface area contributed by atoms with Gasteiger partial charge in [0.1, 0.15) is 15.6 Å². The van der Waals surface area contributed by atoms with Crippen molar-refractivity contribution in [1.29, 1.82) is 0 Å². The lowest BCUT2D eigenvalue weighted by Gasteiger charge is -2.43. The summed E-state index contributed by atoms with van der Waals surface area (Å²) in [6, 6.07) is 11.9. The number of hydrogen-bond acceptors (Lipinski definition) is 7. The van der Waals surface area contributed by atoms with E-state index in [4.69, 9.17) is 15.2 Å². The summed E-state index contributed by atoms with van der Waals surface area (Å²) < 4.78 is 53.0. The molecular weight excluding hydrogens is 548 g/mol. The quantitative estimate of drug-likeness (QED) is 0.161. The number of hydrogen-bond donors (Lipinski definition) is 1. The zero-order valence-electron chi connectivity index (χ0n) is 22.9. The van der Waals surface area contributed by atoms with E-state index < -0.39 is 36.7 Å². The highest BCUT2D eigenvalue weighted by Gasteiger charge is 2.59. The number of sulfone groups is 1. The lowest BCUT2D eigenvalue weighted by Crippen LogP contribution is -2.52. The fourth-order valence-corrected chi connectivity index (χ4v) is 9.57. The third-order valence-electron chi connectivity index (χ3n) is 8.47. The van der Waals surface area contributed by atoms with Crippen LogP contribution in [0.1, 0.15) is 55.5 Å². The van der Waals surface area contributed by atoms with Crippen molar-refractivity contribution < 1.29 is 26.9 Å². The minimum Gasteiger partial charge on any atom is -0.469 e. The molecule has 0 radical (unpaired) electrons. The Kier molecular flexibility index (Phi) is 6.96. The van der Waals surface area contributed by atoms with E-state index in [9.17, 15) is 17.4 Å². The average molecular weight is 585 g/mol. The van der Waals surface area contributed by atoms with Crippen molar-refractivity contribution in [3.63, 3.8) is 0 Å². The van der Waals surface area contributed by atoms with Crippen LogP contribution in [0.2, 0.25) is 0 Å². The second-order valence-electron chi connectivity index (χ2n) is 11.3. The molecule has 2 aromatic rings. The maximum Gasteiger partial charge on any atom is 0.342 e.